The molecule has 0 bridgehead atoms. The van der Waals surface area contributed by atoms with Crippen LogP contribution in [0.3, 0.4) is 0 Å². The molecule has 2 fully saturated rings. The third-order valence-electron chi connectivity index (χ3n) is 5.50. The van der Waals surface area contributed by atoms with Crippen LogP contribution in [0.2, 0.25) is 0 Å². The highest BCUT2D eigenvalue weighted by Gasteiger charge is 2.50. The van der Waals surface area contributed by atoms with Crippen LogP contribution in [0.4, 0.5) is 0 Å². The van der Waals surface area contributed by atoms with Crippen LogP contribution in [0.15, 0.2) is 42.0 Å². The Hall–Kier alpha value is -1.16. The van der Waals surface area contributed by atoms with E-state index < -0.39 is 11.7 Å². The first-order chi connectivity index (χ1) is 11.5. The molecule has 0 radical (unpaired) electrons. The molecule has 2 aliphatic rings. The number of fused-ring (bicyclic) bond motifs is 1. The van der Waals surface area contributed by atoms with Gasteiger partial charge in [-0.3, -0.25) is 4.90 Å². The second kappa shape index (κ2) is 7.38. The van der Waals surface area contributed by atoms with E-state index in [1.165, 1.54) is 12.8 Å². The first-order valence-electron chi connectivity index (χ1n) is 9.31. The molecule has 0 aliphatic carbocycles. The quantitative estimate of drug-likeness (QED) is 0.854. The van der Waals surface area contributed by atoms with Gasteiger partial charge < -0.3 is 9.84 Å². The van der Waals surface area contributed by atoms with Gasteiger partial charge in [0, 0.05) is 12.6 Å². The number of hydrogen-bond acceptors (Lipinski definition) is 3. The number of nitrogens with zero attached hydrogens (tertiary/aromatic N) is 1. The van der Waals surface area contributed by atoms with Crippen molar-refractivity contribution in [3.63, 3.8) is 0 Å². The summed E-state index contributed by atoms with van der Waals surface area (Å²) < 4.78 is 6.42. The van der Waals surface area contributed by atoms with Crippen molar-refractivity contribution < 1.29 is 9.84 Å². The molecule has 0 unspecified atom stereocenters. The minimum atomic E-state index is -0.546. The summed E-state index contributed by atoms with van der Waals surface area (Å²) in [7, 11) is 0. The molecule has 0 amide bonds. The van der Waals surface area contributed by atoms with Gasteiger partial charge in [0.2, 0.25) is 0 Å². The van der Waals surface area contributed by atoms with Crippen molar-refractivity contribution >= 4 is 0 Å². The van der Waals surface area contributed by atoms with E-state index in [0.29, 0.717) is 18.6 Å². The van der Waals surface area contributed by atoms with Crippen LogP contribution in [0, 0.1) is 5.92 Å². The molecular weight excluding hydrogens is 298 g/mol. The highest BCUT2D eigenvalue weighted by atomic mass is 16.5. The number of benzene rings is 1. The summed E-state index contributed by atoms with van der Waals surface area (Å²) in [6.45, 7) is 8.99. The van der Waals surface area contributed by atoms with Crippen LogP contribution in [-0.2, 0) is 11.3 Å². The molecule has 132 valence electrons. The normalized spacial score (nSPS) is 33.0. The molecule has 0 spiro atoms. The van der Waals surface area contributed by atoms with Crippen molar-refractivity contribution in [3.8, 4) is 0 Å². The van der Waals surface area contributed by atoms with Gasteiger partial charge in [-0.2, -0.15) is 0 Å². The molecule has 3 nitrogen and oxygen atoms in total. The van der Waals surface area contributed by atoms with Crippen molar-refractivity contribution in [2.75, 3.05) is 13.1 Å². The van der Waals surface area contributed by atoms with Gasteiger partial charge in [0.25, 0.3) is 0 Å². The van der Waals surface area contributed by atoms with Crippen molar-refractivity contribution in [3.05, 3.63) is 47.5 Å². The third kappa shape index (κ3) is 3.58. The second-order valence-electron chi connectivity index (χ2n) is 7.83. The van der Waals surface area contributed by atoms with E-state index in [2.05, 4.69) is 43.9 Å². The van der Waals surface area contributed by atoms with Crippen LogP contribution in [0.25, 0.3) is 0 Å². The number of hydrogen-bond donors (Lipinski definition) is 1. The van der Waals surface area contributed by atoms with Gasteiger partial charge >= 0.3 is 0 Å². The molecule has 2 heterocycles. The third-order valence-corrected chi connectivity index (χ3v) is 5.50. The van der Waals surface area contributed by atoms with E-state index >= 15 is 0 Å². The van der Waals surface area contributed by atoms with E-state index in [-0.39, 0.29) is 0 Å². The van der Waals surface area contributed by atoms with Crippen molar-refractivity contribution in [2.24, 2.45) is 5.92 Å². The summed E-state index contributed by atoms with van der Waals surface area (Å²) in [5, 5.41) is 11.1. The summed E-state index contributed by atoms with van der Waals surface area (Å²) in [5.74, 6) is 0.439. The fourth-order valence-electron chi connectivity index (χ4n) is 4.26. The number of allylic oxidation sites excluding steroid dienone is 1. The second-order valence-corrected chi connectivity index (χ2v) is 7.83. The van der Waals surface area contributed by atoms with Gasteiger partial charge in [0.05, 0.1) is 6.61 Å². The minimum Gasteiger partial charge on any atom is -0.386 e. The number of rotatable bonds is 4. The Kier molecular flexibility index (Phi) is 5.43. The van der Waals surface area contributed by atoms with Gasteiger partial charge in [-0.05, 0) is 43.4 Å². The van der Waals surface area contributed by atoms with Crippen molar-refractivity contribution in [1.82, 2.24) is 4.90 Å². The Morgan fingerprint density at radius 3 is 2.75 bits per heavy atom. The lowest BCUT2D eigenvalue weighted by molar-refractivity contribution is -0.173. The van der Waals surface area contributed by atoms with E-state index in [9.17, 15) is 5.11 Å². The molecular formula is C21H31NO2. The average molecular weight is 329 g/mol. The highest BCUT2D eigenvalue weighted by molar-refractivity contribution is 5.24. The molecule has 1 N–H and O–H groups in total. The fraction of sp³-hybridized carbons (Fsp3) is 0.619. The zero-order chi connectivity index (χ0) is 17.2. The Labute approximate surface area is 146 Å². The van der Waals surface area contributed by atoms with Crippen LogP contribution < -0.4 is 0 Å². The summed E-state index contributed by atoms with van der Waals surface area (Å²) in [6, 6.07) is 10.6. The smallest absolute Gasteiger partial charge is 0.111 e. The summed E-state index contributed by atoms with van der Waals surface area (Å²) in [5.41, 5.74) is 1.74. The van der Waals surface area contributed by atoms with Crippen LogP contribution in [0.5, 0.6) is 0 Å². The predicted octanol–water partition coefficient (Wildman–Crippen LogP) is 3.77. The topological polar surface area (TPSA) is 32.7 Å². The molecule has 0 saturated carbocycles. The lowest BCUT2D eigenvalue weighted by atomic mass is 9.76. The number of aliphatic hydroxyl groups excluding tert-OH is 1. The summed E-state index contributed by atoms with van der Waals surface area (Å²) in [4.78, 5) is 2.52. The minimum absolute atomic E-state index is 0.300. The lowest BCUT2D eigenvalue weighted by Gasteiger charge is -2.53. The monoisotopic (exact) mass is 329 g/mol. The van der Waals surface area contributed by atoms with Gasteiger partial charge in [-0.1, -0.05) is 56.7 Å². The van der Waals surface area contributed by atoms with Crippen LogP contribution in [0.1, 0.15) is 45.6 Å². The van der Waals surface area contributed by atoms with Crippen molar-refractivity contribution in [2.45, 2.75) is 64.4 Å². The predicted molar refractivity (Wildman–Crippen MR) is 97.8 cm³/mol. The van der Waals surface area contributed by atoms with E-state index in [0.717, 1.165) is 30.6 Å². The summed E-state index contributed by atoms with van der Waals surface area (Å²) >= 11 is 0. The maximum atomic E-state index is 11.1. The molecule has 3 atom stereocenters. The first-order valence-corrected chi connectivity index (χ1v) is 9.31. The number of ether oxygens (including phenoxy) is 1. The molecule has 2 aliphatic heterocycles. The molecule has 3 heteroatoms. The fourth-order valence-corrected chi connectivity index (χ4v) is 4.26. The standard InChI is InChI=1S/C21H31NO2/c1-16(2)13-18-14-22-12-8-7-11-19(22)21(3,20(18)23)24-15-17-9-5-4-6-10-17/h4-6,9-10,13,16,19-20,23H,7-8,11-12,14-15H2,1-3H3/b18-13+/t19-,20+,21+/m0/s1. The Balaban J connectivity index is 1.84. The summed E-state index contributed by atoms with van der Waals surface area (Å²) in [6.07, 6.45) is 5.28. The maximum Gasteiger partial charge on any atom is 0.111 e. The molecule has 1 aromatic rings. The van der Waals surface area contributed by atoms with E-state index in [1.807, 2.05) is 18.2 Å². The number of aliphatic hydroxyl groups is 1. The van der Waals surface area contributed by atoms with Crippen molar-refractivity contribution in [1.29, 1.82) is 0 Å². The SMILES string of the molecule is CC(C)/C=C1\CN2CCCC[C@H]2[C@@](C)(OCc2ccccc2)[C@@H]1O. The van der Waals surface area contributed by atoms with Gasteiger partial charge in [0.1, 0.15) is 11.7 Å². The van der Waals surface area contributed by atoms with E-state index in [4.69, 9.17) is 4.74 Å². The van der Waals surface area contributed by atoms with E-state index in [1.54, 1.807) is 0 Å². The zero-order valence-corrected chi connectivity index (χ0v) is 15.2. The zero-order valence-electron chi connectivity index (χ0n) is 15.2. The van der Waals surface area contributed by atoms with Gasteiger partial charge in [-0.25, -0.2) is 0 Å². The Bertz CT molecular complexity index is 568. The largest absolute Gasteiger partial charge is 0.386 e. The van der Waals surface area contributed by atoms with Gasteiger partial charge in [-0.15, -0.1) is 0 Å². The molecule has 24 heavy (non-hydrogen) atoms. The highest BCUT2D eigenvalue weighted by Crippen LogP contribution is 2.39. The Morgan fingerprint density at radius 1 is 1.29 bits per heavy atom. The maximum absolute atomic E-state index is 11.1. The molecule has 0 aromatic heterocycles. The average Bonchev–Trinajstić information content (AvgIpc) is 2.58. The van der Waals surface area contributed by atoms with Crippen LogP contribution in [-0.4, -0.2) is 40.8 Å². The number of piperidine rings is 2. The molecule has 3 rings (SSSR count). The van der Waals surface area contributed by atoms with Crippen LogP contribution >= 0.6 is 0 Å². The molecule has 1 aromatic carbocycles. The Morgan fingerprint density at radius 2 is 2.04 bits per heavy atom. The van der Waals surface area contributed by atoms with Gasteiger partial charge in [0.15, 0.2) is 0 Å². The lowest BCUT2D eigenvalue weighted by Crippen LogP contribution is -2.65. The first kappa shape index (κ1) is 17.7. The molecule has 2 saturated heterocycles.